The molecule has 1 heterocycles. The Morgan fingerprint density at radius 1 is 1.57 bits per heavy atom. The van der Waals surface area contributed by atoms with Crippen LogP contribution in [0.1, 0.15) is 12.8 Å². The molecule has 5 nitrogen and oxygen atoms in total. The Morgan fingerprint density at radius 2 is 2.21 bits per heavy atom. The van der Waals surface area contributed by atoms with Crippen LogP contribution in [-0.2, 0) is 14.3 Å². The maximum Gasteiger partial charge on any atom is 0.346 e. The highest BCUT2D eigenvalue weighted by atomic mass is 16.5. The molecule has 1 N–H and O–H groups in total. The predicted molar refractivity (Wildman–Crippen MR) is 49.2 cm³/mol. The van der Waals surface area contributed by atoms with Crippen molar-refractivity contribution in [2.75, 3.05) is 13.2 Å². The predicted octanol–water partition coefficient (Wildman–Crippen LogP) is 0.0467. The van der Waals surface area contributed by atoms with Crippen LogP contribution in [0.5, 0.6) is 0 Å². The summed E-state index contributed by atoms with van der Waals surface area (Å²) in [5.74, 6) is -1.07. The number of rotatable bonds is 4. The Bertz CT molecular complexity index is 233. The van der Waals surface area contributed by atoms with Crippen molar-refractivity contribution in [1.82, 2.24) is 0 Å². The Hall–Kier alpha value is -1.23. The van der Waals surface area contributed by atoms with Crippen LogP contribution in [-0.4, -0.2) is 42.8 Å². The smallest absolute Gasteiger partial charge is 0.346 e. The van der Waals surface area contributed by atoms with Gasteiger partial charge in [0.05, 0.1) is 0 Å². The molecule has 0 aromatic rings. The summed E-state index contributed by atoms with van der Waals surface area (Å²) in [4.78, 5) is 24.4. The molecule has 0 aromatic heterocycles. The van der Waals surface area contributed by atoms with E-state index in [0.29, 0.717) is 13.2 Å². The minimum Gasteiger partial charge on any atom is -0.477 e. The number of aliphatic imine (C=N–C) groups is 1. The number of carbonyl (C=O) groups is 1. The van der Waals surface area contributed by atoms with Gasteiger partial charge in [-0.3, -0.25) is 9.79 Å². The van der Waals surface area contributed by atoms with Crippen molar-refractivity contribution in [3.63, 3.8) is 0 Å². The molecule has 0 aliphatic carbocycles. The van der Waals surface area contributed by atoms with E-state index in [1.165, 1.54) is 0 Å². The van der Waals surface area contributed by atoms with Crippen LogP contribution in [0.25, 0.3) is 0 Å². The number of carboxylic acid groups (broad SMARTS) is 1. The SMILES string of the molecule is O=[C]C(N=CC(=O)O)C1CCOCC1. The van der Waals surface area contributed by atoms with Crippen molar-refractivity contribution in [3.8, 4) is 0 Å². The highest BCUT2D eigenvalue weighted by Gasteiger charge is 2.23. The van der Waals surface area contributed by atoms with E-state index in [9.17, 15) is 9.59 Å². The van der Waals surface area contributed by atoms with Crippen LogP contribution in [0.4, 0.5) is 0 Å². The first kappa shape index (κ1) is 10.8. The van der Waals surface area contributed by atoms with Crippen molar-refractivity contribution in [1.29, 1.82) is 0 Å². The molecule has 0 spiro atoms. The molecule has 1 rings (SSSR count). The lowest BCUT2D eigenvalue weighted by atomic mass is 9.93. The molecular formula is C9H12NO4. The van der Waals surface area contributed by atoms with Gasteiger partial charge < -0.3 is 9.84 Å². The third kappa shape index (κ3) is 3.26. The van der Waals surface area contributed by atoms with E-state index in [2.05, 4.69) is 4.99 Å². The quantitative estimate of drug-likeness (QED) is 0.647. The molecule has 5 heteroatoms. The van der Waals surface area contributed by atoms with Gasteiger partial charge in [-0.2, -0.15) is 0 Å². The average Bonchev–Trinajstić information content (AvgIpc) is 2.20. The third-order valence-corrected chi connectivity index (χ3v) is 2.18. The molecule has 0 bridgehead atoms. The van der Waals surface area contributed by atoms with E-state index in [4.69, 9.17) is 9.84 Å². The van der Waals surface area contributed by atoms with Gasteiger partial charge in [0, 0.05) is 13.2 Å². The summed E-state index contributed by atoms with van der Waals surface area (Å²) >= 11 is 0. The fourth-order valence-electron chi connectivity index (χ4n) is 1.42. The summed E-state index contributed by atoms with van der Waals surface area (Å²) in [5.41, 5.74) is 0. The second-order valence-electron chi connectivity index (χ2n) is 3.13. The second-order valence-corrected chi connectivity index (χ2v) is 3.13. The summed E-state index contributed by atoms with van der Waals surface area (Å²) < 4.78 is 5.12. The lowest BCUT2D eigenvalue weighted by Crippen LogP contribution is -2.27. The van der Waals surface area contributed by atoms with Gasteiger partial charge in [-0.05, 0) is 18.8 Å². The van der Waals surface area contributed by atoms with Gasteiger partial charge in [-0.1, -0.05) is 0 Å². The van der Waals surface area contributed by atoms with Gasteiger partial charge in [0.1, 0.15) is 12.3 Å². The number of carbonyl (C=O) groups excluding carboxylic acids is 1. The molecule has 0 aromatic carbocycles. The molecule has 1 aliphatic rings. The summed E-state index contributed by atoms with van der Waals surface area (Å²) in [6.45, 7) is 1.21. The fraction of sp³-hybridized carbons (Fsp3) is 0.667. The number of carboxylic acids is 1. The lowest BCUT2D eigenvalue weighted by Gasteiger charge is -2.23. The van der Waals surface area contributed by atoms with E-state index >= 15 is 0 Å². The van der Waals surface area contributed by atoms with Crippen molar-refractivity contribution in [3.05, 3.63) is 0 Å². The number of ether oxygens (including phenoxy) is 1. The van der Waals surface area contributed by atoms with Gasteiger partial charge in [0.2, 0.25) is 6.29 Å². The van der Waals surface area contributed by atoms with Crippen molar-refractivity contribution < 1.29 is 19.4 Å². The fourth-order valence-corrected chi connectivity index (χ4v) is 1.42. The van der Waals surface area contributed by atoms with E-state index in [1.54, 1.807) is 6.29 Å². The van der Waals surface area contributed by atoms with Crippen LogP contribution in [0, 0.1) is 5.92 Å². The first-order valence-corrected chi connectivity index (χ1v) is 4.45. The monoisotopic (exact) mass is 198 g/mol. The summed E-state index contributed by atoms with van der Waals surface area (Å²) in [7, 11) is 0. The van der Waals surface area contributed by atoms with Crippen LogP contribution in [0.3, 0.4) is 0 Å². The molecule has 1 atom stereocenters. The summed E-state index contributed by atoms with van der Waals surface area (Å²) in [6, 6.07) is -0.657. The summed E-state index contributed by atoms with van der Waals surface area (Å²) in [5, 5.41) is 8.35. The number of aliphatic carboxylic acids is 1. The van der Waals surface area contributed by atoms with Gasteiger partial charge in [-0.15, -0.1) is 0 Å². The molecule has 14 heavy (non-hydrogen) atoms. The normalized spacial score (nSPS) is 20.9. The average molecular weight is 198 g/mol. The molecule has 1 aliphatic heterocycles. The van der Waals surface area contributed by atoms with E-state index in [-0.39, 0.29) is 5.92 Å². The maximum atomic E-state index is 10.5. The highest BCUT2D eigenvalue weighted by Crippen LogP contribution is 2.19. The highest BCUT2D eigenvalue weighted by molar-refractivity contribution is 6.22. The minimum absolute atomic E-state index is 0.0665. The molecule has 1 radical (unpaired) electrons. The largest absolute Gasteiger partial charge is 0.477 e. The first-order valence-electron chi connectivity index (χ1n) is 4.45. The molecule has 77 valence electrons. The molecule has 1 saturated heterocycles. The van der Waals surface area contributed by atoms with E-state index in [0.717, 1.165) is 19.1 Å². The molecule has 1 unspecified atom stereocenters. The number of hydrogen-bond donors (Lipinski definition) is 1. The number of hydrogen-bond acceptors (Lipinski definition) is 4. The Kier molecular flexibility index (Phi) is 4.25. The van der Waals surface area contributed by atoms with Crippen LogP contribution in [0.15, 0.2) is 4.99 Å². The van der Waals surface area contributed by atoms with Crippen molar-refractivity contribution in [2.24, 2.45) is 10.9 Å². The second kappa shape index (κ2) is 5.49. The zero-order chi connectivity index (χ0) is 10.4. The summed E-state index contributed by atoms with van der Waals surface area (Å²) in [6.07, 6.45) is 3.98. The Morgan fingerprint density at radius 3 is 2.71 bits per heavy atom. The van der Waals surface area contributed by atoms with Crippen LogP contribution >= 0.6 is 0 Å². The van der Waals surface area contributed by atoms with Gasteiger partial charge in [-0.25, -0.2) is 4.79 Å². The van der Waals surface area contributed by atoms with Gasteiger partial charge >= 0.3 is 5.97 Å². The van der Waals surface area contributed by atoms with Gasteiger partial charge in [0.15, 0.2) is 0 Å². The van der Waals surface area contributed by atoms with Gasteiger partial charge in [0.25, 0.3) is 0 Å². The third-order valence-electron chi connectivity index (χ3n) is 2.18. The van der Waals surface area contributed by atoms with E-state index < -0.39 is 12.0 Å². The minimum atomic E-state index is -1.14. The molecule has 0 saturated carbocycles. The zero-order valence-electron chi connectivity index (χ0n) is 7.68. The van der Waals surface area contributed by atoms with Crippen molar-refractivity contribution in [2.45, 2.75) is 18.9 Å². The van der Waals surface area contributed by atoms with E-state index in [1.807, 2.05) is 0 Å². The molecule has 0 amide bonds. The topological polar surface area (TPSA) is 76.0 Å². The molecule has 1 fully saturated rings. The van der Waals surface area contributed by atoms with Crippen molar-refractivity contribution >= 4 is 18.5 Å². The zero-order valence-corrected chi connectivity index (χ0v) is 7.68. The Labute approximate surface area is 81.8 Å². The standard InChI is InChI=1S/C9H12NO4/c11-6-8(10-5-9(12)13)7-1-3-14-4-2-7/h5,7-8H,1-4H2,(H,12,13). The maximum absolute atomic E-state index is 10.5. The first-order chi connectivity index (χ1) is 6.74. The lowest BCUT2D eigenvalue weighted by molar-refractivity contribution is -0.128. The van der Waals surface area contributed by atoms with Crippen LogP contribution in [0.2, 0.25) is 0 Å². The van der Waals surface area contributed by atoms with Crippen LogP contribution < -0.4 is 0 Å². The molecular weight excluding hydrogens is 186 g/mol. The number of nitrogens with zero attached hydrogens (tertiary/aromatic N) is 1. The Balaban J connectivity index is 2.51.